The lowest BCUT2D eigenvalue weighted by Crippen LogP contribution is -2.43. The minimum Gasteiger partial charge on any atom is -0.459 e. The predicted molar refractivity (Wildman–Crippen MR) is 108 cm³/mol. The molecule has 8 nitrogen and oxygen atoms in total. The second-order valence-electron chi connectivity index (χ2n) is 7.62. The monoisotopic (exact) mass is 406 g/mol. The molecule has 0 fully saturated rings. The van der Waals surface area contributed by atoms with Crippen LogP contribution in [-0.4, -0.2) is 38.5 Å². The van der Waals surface area contributed by atoms with Crippen LogP contribution in [0.5, 0.6) is 0 Å². The van der Waals surface area contributed by atoms with Gasteiger partial charge in [-0.05, 0) is 45.7 Å². The Labute approximate surface area is 171 Å². The molecule has 0 aromatic heterocycles. The molecule has 0 spiro atoms. The van der Waals surface area contributed by atoms with Crippen molar-refractivity contribution in [2.75, 3.05) is 20.3 Å². The predicted octanol–water partition coefficient (Wildman–Crippen LogP) is 3.36. The van der Waals surface area contributed by atoms with Gasteiger partial charge in [0.25, 0.3) is 0 Å². The number of esters is 1. The third-order valence-corrected chi connectivity index (χ3v) is 4.22. The van der Waals surface area contributed by atoms with Crippen molar-refractivity contribution >= 4 is 18.2 Å². The van der Waals surface area contributed by atoms with E-state index < -0.39 is 29.2 Å². The van der Waals surface area contributed by atoms with Crippen molar-refractivity contribution in [3.8, 4) is 0 Å². The van der Waals surface area contributed by atoms with Gasteiger partial charge in [-0.3, -0.25) is 0 Å². The lowest BCUT2D eigenvalue weighted by molar-refractivity contribution is -0.139. The van der Waals surface area contributed by atoms with Crippen molar-refractivity contribution in [2.24, 2.45) is 0 Å². The average Bonchev–Trinajstić information content (AvgIpc) is 2.64. The molecule has 1 aromatic rings. The van der Waals surface area contributed by atoms with Crippen LogP contribution in [0.15, 0.2) is 36.4 Å². The Morgan fingerprint density at radius 1 is 0.931 bits per heavy atom. The number of carbonyl (C=O) groups is 3. The number of methoxy groups -OCH3 is 1. The smallest absolute Gasteiger partial charge is 0.407 e. The van der Waals surface area contributed by atoms with Gasteiger partial charge in [0.1, 0.15) is 13.2 Å². The maximum absolute atomic E-state index is 12.1. The Balaban J connectivity index is 2.74. The average molecular weight is 406 g/mol. The summed E-state index contributed by atoms with van der Waals surface area (Å²) in [6, 6.07) is 7.48. The largest absolute Gasteiger partial charge is 0.459 e. The first kappa shape index (κ1) is 24.0. The van der Waals surface area contributed by atoms with Gasteiger partial charge in [0.2, 0.25) is 0 Å². The minimum absolute atomic E-state index is 0.0532. The van der Waals surface area contributed by atoms with Gasteiger partial charge in [0.15, 0.2) is 0 Å². The molecule has 2 amide bonds. The van der Waals surface area contributed by atoms with E-state index >= 15 is 0 Å². The standard InChI is InChI=1S/C21H30N2O6/c1-14(2)17(24)28-11-12-29-19(26)23-21(5,6)16-10-8-9-15(13-16)20(3,4)22-18(25)27-7/h8-10,13H,1,11-12H2,2-7H3,(H,22,25)(H,23,26). The summed E-state index contributed by atoms with van der Waals surface area (Å²) in [5.41, 5.74) is 0.520. The van der Waals surface area contributed by atoms with E-state index in [1.54, 1.807) is 0 Å². The number of nitrogens with one attached hydrogen (secondary N) is 2. The maximum atomic E-state index is 12.1. The number of hydrogen-bond acceptors (Lipinski definition) is 6. The van der Waals surface area contributed by atoms with Gasteiger partial charge >= 0.3 is 18.2 Å². The van der Waals surface area contributed by atoms with Crippen molar-refractivity contribution in [2.45, 2.75) is 45.7 Å². The van der Waals surface area contributed by atoms with Crippen LogP contribution in [-0.2, 0) is 30.1 Å². The van der Waals surface area contributed by atoms with Crippen LogP contribution in [0.4, 0.5) is 9.59 Å². The fourth-order valence-corrected chi connectivity index (χ4v) is 2.43. The summed E-state index contributed by atoms with van der Waals surface area (Å²) in [6.07, 6.45) is -1.17. The summed E-state index contributed by atoms with van der Waals surface area (Å²) >= 11 is 0. The van der Waals surface area contributed by atoms with Crippen molar-refractivity contribution in [1.82, 2.24) is 10.6 Å². The van der Waals surface area contributed by atoms with Crippen LogP contribution < -0.4 is 10.6 Å². The topological polar surface area (TPSA) is 103 Å². The van der Waals surface area contributed by atoms with Crippen LogP contribution in [0, 0.1) is 0 Å². The number of alkyl carbamates (subject to hydrolysis) is 2. The number of amides is 2. The number of ether oxygens (including phenoxy) is 3. The third kappa shape index (κ3) is 7.48. The van der Waals surface area contributed by atoms with Gasteiger partial charge < -0.3 is 24.8 Å². The number of rotatable bonds is 8. The summed E-state index contributed by atoms with van der Waals surface area (Å²) < 4.78 is 14.6. The second-order valence-corrected chi connectivity index (χ2v) is 7.62. The molecule has 0 bridgehead atoms. The molecule has 0 radical (unpaired) electrons. The number of hydrogen-bond donors (Lipinski definition) is 2. The fourth-order valence-electron chi connectivity index (χ4n) is 2.43. The molecule has 0 saturated carbocycles. The maximum Gasteiger partial charge on any atom is 0.407 e. The molecule has 29 heavy (non-hydrogen) atoms. The molecule has 8 heteroatoms. The van der Waals surface area contributed by atoms with E-state index in [9.17, 15) is 14.4 Å². The first-order chi connectivity index (χ1) is 13.4. The Kier molecular flexibility index (Phi) is 8.24. The highest BCUT2D eigenvalue weighted by Crippen LogP contribution is 2.26. The summed E-state index contributed by atoms with van der Waals surface area (Å²) in [5.74, 6) is -0.533. The van der Waals surface area contributed by atoms with Crippen molar-refractivity contribution in [3.05, 3.63) is 47.5 Å². The van der Waals surface area contributed by atoms with Crippen LogP contribution in [0.25, 0.3) is 0 Å². The molecule has 0 aliphatic heterocycles. The van der Waals surface area contributed by atoms with Gasteiger partial charge in [-0.1, -0.05) is 30.8 Å². The van der Waals surface area contributed by atoms with Crippen LogP contribution in [0.1, 0.15) is 45.7 Å². The van der Waals surface area contributed by atoms with Gasteiger partial charge in [-0.2, -0.15) is 0 Å². The molecule has 1 rings (SSSR count). The van der Waals surface area contributed by atoms with Crippen LogP contribution >= 0.6 is 0 Å². The molecular formula is C21H30N2O6. The van der Waals surface area contributed by atoms with Crippen LogP contribution in [0.2, 0.25) is 0 Å². The first-order valence-electron chi connectivity index (χ1n) is 9.14. The van der Waals surface area contributed by atoms with Gasteiger partial charge in [-0.25, -0.2) is 14.4 Å². The lowest BCUT2D eigenvalue weighted by atomic mass is 9.87. The van der Waals surface area contributed by atoms with Gasteiger partial charge in [0.05, 0.1) is 18.2 Å². The second kappa shape index (κ2) is 9.95. The van der Waals surface area contributed by atoms with E-state index in [1.807, 2.05) is 52.0 Å². The molecule has 0 aliphatic carbocycles. The lowest BCUT2D eigenvalue weighted by Gasteiger charge is -2.30. The highest BCUT2D eigenvalue weighted by Gasteiger charge is 2.28. The van der Waals surface area contributed by atoms with E-state index in [1.165, 1.54) is 14.0 Å². The molecular weight excluding hydrogens is 376 g/mol. The Bertz CT molecular complexity index is 770. The van der Waals surface area contributed by atoms with E-state index in [2.05, 4.69) is 21.9 Å². The quantitative estimate of drug-likeness (QED) is 0.297. The first-order valence-corrected chi connectivity index (χ1v) is 9.14. The van der Waals surface area contributed by atoms with E-state index in [0.717, 1.165) is 11.1 Å². The zero-order chi connectivity index (χ0) is 22.2. The summed E-state index contributed by atoms with van der Waals surface area (Å²) in [7, 11) is 1.31. The van der Waals surface area contributed by atoms with Crippen molar-refractivity contribution in [3.63, 3.8) is 0 Å². The molecule has 160 valence electrons. The van der Waals surface area contributed by atoms with E-state index in [0.29, 0.717) is 0 Å². The molecule has 0 heterocycles. The Morgan fingerprint density at radius 3 is 1.90 bits per heavy atom. The molecule has 0 atom stereocenters. The molecule has 1 aromatic carbocycles. The number of benzene rings is 1. The molecule has 0 saturated heterocycles. The van der Waals surface area contributed by atoms with Gasteiger partial charge in [0, 0.05) is 5.57 Å². The molecule has 2 N–H and O–H groups in total. The molecule has 0 unspecified atom stereocenters. The van der Waals surface area contributed by atoms with Gasteiger partial charge in [-0.15, -0.1) is 0 Å². The van der Waals surface area contributed by atoms with E-state index in [-0.39, 0.29) is 18.8 Å². The SMILES string of the molecule is C=C(C)C(=O)OCCOC(=O)NC(C)(C)c1cccc(C(C)(C)NC(=O)OC)c1. The highest BCUT2D eigenvalue weighted by atomic mass is 16.6. The Morgan fingerprint density at radius 2 is 1.41 bits per heavy atom. The highest BCUT2D eigenvalue weighted by molar-refractivity contribution is 5.86. The summed E-state index contributed by atoms with van der Waals surface area (Å²) in [6.45, 7) is 12.2. The molecule has 0 aliphatic rings. The van der Waals surface area contributed by atoms with Crippen LogP contribution in [0.3, 0.4) is 0 Å². The summed E-state index contributed by atoms with van der Waals surface area (Å²) in [4.78, 5) is 35.0. The van der Waals surface area contributed by atoms with Crippen molar-refractivity contribution < 1.29 is 28.6 Å². The minimum atomic E-state index is -0.747. The Hall–Kier alpha value is -3.03. The zero-order valence-corrected chi connectivity index (χ0v) is 17.9. The third-order valence-electron chi connectivity index (χ3n) is 4.22. The zero-order valence-electron chi connectivity index (χ0n) is 17.9. The van der Waals surface area contributed by atoms with Crippen molar-refractivity contribution in [1.29, 1.82) is 0 Å². The normalized spacial score (nSPS) is 11.2. The number of carbonyl (C=O) groups excluding carboxylic acids is 3. The van der Waals surface area contributed by atoms with E-state index in [4.69, 9.17) is 9.47 Å². The fraction of sp³-hybridized carbons (Fsp3) is 0.476. The summed E-state index contributed by atoms with van der Waals surface area (Å²) in [5, 5.41) is 5.56.